The molecule has 0 bridgehead atoms. The molecule has 14 heavy (non-hydrogen) atoms. The summed E-state index contributed by atoms with van der Waals surface area (Å²) >= 11 is 0. The van der Waals surface area contributed by atoms with Gasteiger partial charge in [-0.1, -0.05) is 6.92 Å². The lowest BCUT2D eigenvalue weighted by molar-refractivity contribution is -0.138. The van der Waals surface area contributed by atoms with Crippen molar-refractivity contribution in [2.24, 2.45) is 0 Å². The van der Waals surface area contributed by atoms with Crippen LogP contribution in [0.1, 0.15) is 19.8 Å². The Balaban J connectivity index is 3.59. The zero-order chi connectivity index (χ0) is 11.0. The van der Waals surface area contributed by atoms with Crippen LogP contribution in [0.15, 0.2) is 0 Å². The van der Waals surface area contributed by atoms with Crippen LogP contribution in [-0.2, 0) is 9.59 Å². The number of likely N-dealkylation sites (N-methyl/N-ethyl adjacent to an activating group) is 1. The number of carboxylic acid groups (broad SMARTS) is 1. The van der Waals surface area contributed by atoms with Crippen LogP contribution >= 0.6 is 0 Å². The van der Waals surface area contributed by atoms with Crippen LogP contribution in [0.3, 0.4) is 0 Å². The number of hydrogen-bond donors (Lipinski definition) is 2. The quantitative estimate of drug-likeness (QED) is 0.566. The third-order valence-electron chi connectivity index (χ3n) is 1.79. The monoisotopic (exact) mass is 202 g/mol. The largest absolute Gasteiger partial charge is 0.481 e. The number of nitrogens with one attached hydrogen (secondary N) is 1. The van der Waals surface area contributed by atoms with E-state index in [1.165, 1.54) is 4.90 Å². The smallest absolute Gasteiger partial charge is 0.305 e. The van der Waals surface area contributed by atoms with Crippen LogP contribution in [0, 0.1) is 0 Å². The Hall–Kier alpha value is -1.10. The molecule has 0 aromatic heterocycles. The first-order chi connectivity index (χ1) is 6.57. The minimum absolute atomic E-state index is 0.00395. The molecule has 0 atom stereocenters. The summed E-state index contributed by atoms with van der Waals surface area (Å²) < 4.78 is 0. The van der Waals surface area contributed by atoms with Crippen LogP contribution in [0.25, 0.3) is 0 Å². The third kappa shape index (κ3) is 6.42. The standard InChI is InChI=1S/C9H18N2O3/c1-3-5-10-7-8(12)11(2)6-4-9(13)14/h10H,3-7H2,1-2H3,(H,13,14). The van der Waals surface area contributed by atoms with Crippen molar-refractivity contribution in [2.75, 3.05) is 26.7 Å². The maximum absolute atomic E-state index is 11.3. The summed E-state index contributed by atoms with van der Waals surface area (Å²) in [4.78, 5) is 23.0. The Morgan fingerprint density at radius 3 is 2.57 bits per heavy atom. The van der Waals surface area contributed by atoms with Gasteiger partial charge < -0.3 is 15.3 Å². The van der Waals surface area contributed by atoms with Crippen molar-refractivity contribution in [1.29, 1.82) is 0 Å². The second-order valence-corrected chi connectivity index (χ2v) is 3.14. The Morgan fingerprint density at radius 2 is 2.07 bits per heavy atom. The molecule has 0 rings (SSSR count). The van der Waals surface area contributed by atoms with E-state index in [4.69, 9.17) is 5.11 Å². The van der Waals surface area contributed by atoms with Crippen LogP contribution in [-0.4, -0.2) is 48.6 Å². The maximum Gasteiger partial charge on any atom is 0.305 e. The van der Waals surface area contributed by atoms with Gasteiger partial charge in [0.15, 0.2) is 0 Å². The predicted molar refractivity (Wildman–Crippen MR) is 53.1 cm³/mol. The topological polar surface area (TPSA) is 69.6 Å². The zero-order valence-electron chi connectivity index (χ0n) is 8.75. The molecule has 0 spiro atoms. The van der Waals surface area contributed by atoms with E-state index < -0.39 is 5.97 Å². The van der Waals surface area contributed by atoms with Gasteiger partial charge in [-0.15, -0.1) is 0 Å². The lowest BCUT2D eigenvalue weighted by Gasteiger charge is -2.15. The highest BCUT2D eigenvalue weighted by Crippen LogP contribution is 1.88. The van der Waals surface area contributed by atoms with Crippen molar-refractivity contribution in [1.82, 2.24) is 10.2 Å². The number of carbonyl (C=O) groups excluding carboxylic acids is 1. The fourth-order valence-electron chi connectivity index (χ4n) is 0.895. The Bertz CT molecular complexity index is 194. The van der Waals surface area contributed by atoms with Crippen LogP contribution < -0.4 is 5.32 Å². The van der Waals surface area contributed by atoms with E-state index in [0.717, 1.165) is 13.0 Å². The molecule has 0 aliphatic heterocycles. The molecule has 5 heteroatoms. The third-order valence-corrected chi connectivity index (χ3v) is 1.79. The average Bonchev–Trinajstić information content (AvgIpc) is 2.14. The van der Waals surface area contributed by atoms with E-state index >= 15 is 0 Å². The number of amides is 1. The molecular weight excluding hydrogens is 184 g/mol. The fraction of sp³-hybridized carbons (Fsp3) is 0.778. The van der Waals surface area contributed by atoms with Gasteiger partial charge in [-0.3, -0.25) is 9.59 Å². The van der Waals surface area contributed by atoms with E-state index in [9.17, 15) is 9.59 Å². The van der Waals surface area contributed by atoms with Crippen molar-refractivity contribution in [3.8, 4) is 0 Å². The summed E-state index contributed by atoms with van der Waals surface area (Å²) in [7, 11) is 1.61. The molecule has 82 valence electrons. The summed E-state index contributed by atoms with van der Waals surface area (Å²) in [5, 5.41) is 11.4. The SMILES string of the molecule is CCCNCC(=O)N(C)CCC(=O)O. The van der Waals surface area contributed by atoms with Gasteiger partial charge in [-0.2, -0.15) is 0 Å². The van der Waals surface area contributed by atoms with Crippen molar-refractivity contribution < 1.29 is 14.7 Å². The van der Waals surface area contributed by atoms with Crippen LogP contribution in [0.4, 0.5) is 0 Å². The van der Waals surface area contributed by atoms with Gasteiger partial charge >= 0.3 is 5.97 Å². The zero-order valence-corrected chi connectivity index (χ0v) is 8.75. The molecule has 0 fully saturated rings. The Kier molecular flexibility index (Phi) is 6.74. The molecule has 0 radical (unpaired) electrons. The summed E-state index contributed by atoms with van der Waals surface area (Å²) in [6.07, 6.45) is 0.974. The number of rotatable bonds is 7. The van der Waals surface area contributed by atoms with E-state index in [-0.39, 0.29) is 25.4 Å². The summed E-state index contributed by atoms with van der Waals surface area (Å²) in [5.41, 5.74) is 0. The number of carboxylic acids is 1. The van der Waals surface area contributed by atoms with Gasteiger partial charge in [-0.25, -0.2) is 0 Å². The maximum atomic E-state index is 11.3. The number of carbonyl (C=O) groups is 2. The molecule has 2 N–H and O–H groups in total. The van der Waals surface area contributed by atoms with E-state index in [1.807, 2.05) is 6.92 Å². The normalized spacial score (nSPS) is 9.86. The minimum Gasteiger partial charge on any atom is -0.481 e. The van der Waals surface area contributed by atoms with E-state index in [2.05, 4.69) is 5.32 Å². The lowest BCUT2D eigenvalue weighted by Crippen LogP contribution is -2.36. The summed E-state index contributed by atoms with van der Waals surface area (Å²) in [6.45, 7) is 3.37. The van der Waals surface area contributed by atoms with Gasteiger partial charge in [0.05, 0.1) is 13.0 Å². The van der Waals surface area contributed by atoms with Crippen molar-refractivity contribution in [2.45, 2.75) is 19.8 Å². The molecule has 0 aromatic carbocycles. The molecule has 0 unspecified atom stereocenters. The van der Waals surface area contributed by atoms with E-state index in [1.54, 1.807) is 7.05 Å². The lowest BCUT2D eigenvalue weighted by atomic mass is 10.4. The second-order valence-electron chi connectivity index (χ2n) is 3.14. The number of nitrogens with zero attached hydrogens (tertiary/aromatic N) is 1. The molecule has 1 amide bonds. The first-order valence-corrected chi connectivity index (χ1v) is 4.74. The van der Waals surface area contributed by atoms with Gasteiger partial charge in [0, 0.05) is 13.6 Å². The average molecular weight is 202 g/mol. The Labute approximate surface area is 84.1 Å². The van der Waals surface area contributed by atoms with Crippen LogP contribution in [0.5, 0.6) is 0 Å². The predicted octanol–water partition coefficient (Wildman–Crippen LogP) is -0.0809. The highest BCUT2D eigenvalue weighted by atomic mass is 16.4. The molecular formula is C9H18N2O3. The summed E-state index contributed by atoms with van der Waals surface area (Å²) in [6, 6.07) is 0. The van der Waals surface area contributed by atoms with Crippen LogP contribution in [0.2, 0.25) is 0 Å². The first kappa shape index (κ1) is 12.9. The molecule has 5 nitrogen and oxygen atoms in total. The van der Waals surface area contributed by atoms with Gasteiger partial charge in [0.1, 0.15) is 0 Å². The number of hydrogen-bond acceptors (Lipinski definition) is 3. The molecule has 0 saturated heterocycles. The van der Waals surface area contributed by atoms with E-state index in [0.29, 0.717) is 0 Å². The fourth-order valence-corrected chi connectivity index (χ4v) is 0.895. The molecule has 0 aliphatic rings. The highest BCUT2D eigenvalue weighted by Gasteiger charge is 2.08. The Morgan fingerprint density at radius 1 is 1.43 bits per heavy atom. The summed E-state index contributed by atoms with van der Waals surface area (Å²) in [5.74, 6) is -0.953. The van der Waals surface area contributed by atoms with Crippen molar-refractivity contribution >= 4 is 11.9 Å². The highest BCUT2D eigenvalue weighted by molar-refractivity contribution is 5.78. The first-order valence-electron chi connectivity index (χ1n) is 4.74. The van der Waals surface area contributed by atoms with Crippen molar-refractivity contribution in [3.63, 3.8) is 0 Å². The second kappa shape index (κ2) is 7.32. The van der Waals surface area contributed by atoms with Gasteiger partial charge in [0.25, 0.3) is 0 Å². The van der Waals surface area contributed by atoms with Gasteiger partial charge in [-0.05, 0) is 13.0 Å². The van der Waals surface area contributed by atoms with Crippen molar-refractivity contribution in [3.05, 3.63) is 0 Å². The molecule has 0 aromatic rings. The molecule has 0 aliphatic carbocycles. The van der Waals surface area contributed by atoms with Gasteiger partial charge in [0.2, 0.25) is 5.91 Å². The minimum atomic E-state index is -0.883. The molecule has 0 heterocycles. The molecule has 0 saturated carbocycles. The number of aliphatic carboxylic acids is 1.